The van der Waals surface area contributed by atoms with E-state index in [1.165, 1.54) is 11.1 Å². The highest BCUT2D eigenvalue weighted by Gasteiger charge is 2.04. The highest BCUT2D eigenvalue weighted by molar-refractivity contribution is 5.72. The van der Waals surface area contributed by atoms with E-state index in [4.69, 9.17) is 4.98 Å². The molecule has 4 aromatic rings. The number of imidazole rings is 1. The molecule has 24 heavy (non-hydrogen) atoms. The first-order valence-corrected chi connectivity index (χ1v) is 8.07. The third kappa shape index (κ3) is 2.99. The highest BCUT2D eigenvalue weighted by Crippen LogP contribution is 2.20. The Balaban J connectivity index is 1.66. The lowest BCUT2D eigenvalue weighted by atomic mass is 10.1. The number of pyridine rings is 1. The Kier molecular flexibility index (Phi) is 3.72. The predicted octanol–water partition coefficient (Wildman–Crippen LogP) is 5.48. The number of rotatable bonds is 3. The van der Waals surface area contributed by atoms with Gasteiger partial charge in [0.2, 0.25) is 0 Å². The van der Waals surface area contributed by atoms with Gasteiger partial charge in [-0.2, -0.15) is 0 Å². The van der Waals surface area contributed by atoms with E-state index in [2.05, 4.69) is 84.4 Å². The summed E-state index contributed by atoms with van der Waals surface area (Å²) in [6, 6.07) is 23.0. The van der Waals surface area contributed by atoms with Crippen molar-refractivity contribution in [3.63, 3.8) is 0 Å². The van der Waals surface area contributed by atoms with Gasteiger partial charge in [-0.3, -0.25) is 0 Å². The SMILES string of the molecule is Cc1ccc(-c2cn3ccc(/C=C/c4ccccc4)cc3n2)cc1. The molecule has 0 saturated carbocycles. The van der Waals surface area contributed by atoms with Crippen molar-refractivity contribution in [2.24, 2.45) is 0 Å². The minimum atomic E-state index is 0.959. The Morgan fingerprint density at radius 2 is 1.58 bits per heavy atom. The molecule has 2 heterocycles. The van der Waals surface area contributed by atoms with Gasteiger partial charge in [0.25, 0.3) is 0 Å². The Bertz CT molecular complexity index is 993. The molecule has 0 atom stereocenters. The quantitative estimate of drug-likeness (QED) is 0.490. The van der Waals surface area contributed by atoms with Crippen LogP contribution in [0.15, 0.2) is 79.1 Å². The molecule has 116 valence electrons. The molecule has 0 aliphatic heterocycles. The second kappa shape index (κ2) is 6.17. The van der Waals surface area contributed by atoms with E-state index < -0.39 is 0 Å². The average Bonchev–Trinajstić information content (AvgIpc) is 3.05. The maximum atomic E-state index is 4.76. The van der Waals surface area contributed by atoms with Gasteiger partial charge >= 0.3 is 0 Å². The maximum absolute atomic E-state index is 4.76. The molecular weight excluding hydrogens is 292 g/mol. The van der Waals surface area contributed by atoms with Crippen molar-refractivity contribution in [2.45, 2.75) is 6.92 Å². The number of benzene rings is 2. The van der Waals surface area contributed by atoms with Gasteiger partial charge in [0.1, 0.15) is 5.65 Å². The summed E-state index contributed by atoms with van der Waals surface area (Å²) in [5, 5.41) is 0. The topological polar surface area (TPSA) is 17.3 Å². The van der Waals surface area contributed by atoms with Crippen molar-refractivity contribution in [1.82, 2.24) is 9.38 Å². The summed E-state index contributed by atoms with van der Waals surface area (Å²) in [7, 11) is 0. The van der Waals surface area contributed by atoms with Crippen LogP contribution < -0.4 is 0 Å². The lowest BCUT2D eigenvalue weighted by molar-refractivity contribution is 1.18. The number of aromatic nitrogens is 2. The van der Waals surface area contributed by atoms with Crippen LogP contribution in [-0.2, 0) is 0 Å². The average molecular weight is 310 g/mol. The van der Waals surface area contributed by atoms with E-state index in [0.29, 0.717) is 0 Å². The second-order valence-corrected chi connectivity index (χ2v) is 5.96. The molecule has 2 aromatic heterocycles. The van der Waals surface area contributed by atoms with Gasteiger partial charge < -0.3 is 4.40 Å². The van der Waals surface area contributed by atoms with Crippen LogP contribution in [0.2, 0.25) is 0 Å². The molecule has 0 aliphatic rings. The van der Waals surface area contributed by atoms with Crippen molar-refractivity contribution in [1.29, 1.82) is 0 Å². The van der Waals surface area contributed by atoms with Gasteiger partial charge in [-0.15, -0.1) is 0 Å². The third-order valence-corrected chi connectivity index (χ3v) is 4.10. The van der Waals surface area contributed by atoms with Crippen LogP contribution in [0.5, 0.6) is 0 Å². The van der Waals surface area contributed by atoms with Crippen molar-refractivity contribution < 1.29 is 0 Å². The summed E-state index contributed by atoms with van der Waals surface area (Å²) >= 11 is 0. The zero-order chi connectivity index (χ0) is 16.4. The number of hydrogen-bond acceptors (Lipinski definition) is 1. The molecule has 0 unspecified atom stereocenters. The number of aryl methyl sites for hydroxylation is 1. The van der Waals surface area contributed by atoms with Gasteiger partial charge in [0, 0.05) is 18.0 Å². The fraction of sp³-hybridized carbons (Fsp3) is 0.0455. The van der Waals surface area contributed by atoms with Crippen LogP contribution in [0.4, 0.5) is 0 Å². The first-order chi connectivity index (χ1) is 11.8. The molecule has 0 bridgehead atoms. The minimum absolute atomic E-state index is 0.959. The van der Waals surface area contributed by atoms with Gasteiger partial charge in [-0.1, -0.05) is 72.3 Å². The Morgan fingerprint density at radius 1 is 0.833 bits per heavy atom. The van der Waals surface area contributed by atoms with E-state index in [9.17, 15) is 0 Å². The second-order valence-electron chi connectivity index (χ2n) is 5.96. The van der Waals surface area contributed by atoms with Crippen molar-refractivity contribution >= 4 is 17.8 Å². The van der Waals surface area contributed by atoms with Crippen LogP contribution in [0, 0.1) is 6.92 Å². The molecule has 2 aromatic carbocycles. The third-order valence-electron chi connectivity index (χ3n) is 4.10. The number of nitrogens with zero attached hydrogens (tertiary/aromatic N) is 2. The van der Waals surface area contributed by atoms with E-state index in [1.807, 2.05) is 18.2 Å². The molecular formula is C22H18N2. The fourth-order valence-corrected chi connectivity index (χ4v) is 2.72. The minimum Gasteiger partial charge on any atom is -0.306 e. The molecule has 2 heteroatoms. The standard InChI is InChI=1S/C22H18N2/c1-17-7-11-20(12-8-17)21-16-24-14-13-19(15-22(24)23-21)10-9-18-5-3-2-4-6-18/h2-16H,1H3/b10-9+. The van der Waals surface area contributed by atoms with Gasteiger partial charge in [-0.25, -0.2) is 4.98 Å². The molecule has 0 fully saturated rings. The largest absolute Gasteiger partial charge is 0.306 e. The van der Waals surface area contributed by atoms with Crippen molar-refractivity contribution in [2.75, 3.05) is 0 Å². The van der Waals surface area contributed by atoms with Crippen LogP contribution in [0.25, 0.3) is 29.1 Å². The molecule has 0 radical (unpaired) electrons. The summed E-state index contributed by atoms with van der Waals surface area (Å²) in [5.74, 6) is 0. The smallest absolute Gasteiger partial charge is 0.138 e. The molecule has 0 amide bonds. The van der Waals surface area contributed by atoms with E-state index in [0.717, 1.165) is 22.5 Å². The van der Waals surface area contributed by atoms with Gasteiger partial charge in [0.05, 0.1) is 5.69 Å². The lowest BCUT2D eigenvalue weighted by Gasteiger charge is -1.96. The number of fused-ring (bicyclic) bond motifs is 1. The van der Waals surface area contributed by atoms with Crippen LogP contribution in [-0.4, -0.2) is 9.38 Å². The Morgan fingerprint density at radius 3 is 2.38 bits per heavy atom. The van der Waals surface area contributed by atoms with Crippen LogP contribution >= 0.6 is 0 Å². The first-order valence-electron chi connectivity index (χ1n) is 8.07. The molecule has 0 saturated heterocycles. The summed E-state index contributed by atoms with van der Waals surface area (Å²) < 4.78 is 2.06. The van der Waals surface area contributed by atoms with E-state index in [-0.39, 0.29) is 0 Å². The monoisotopic (exact) mass is 310 g/mol. The zero-order valence-electron chi connectivity index (χ0n) is 13.6. The summed E-state index contributed by atoms with van der Waals surface area (Å²) in [4.78, 5) is 4.76. The van der Waals surface area contributed by atoms with E-state index in [1.54, 1.807) is 0 Å². The summed E-state index contributed by atoms with van der Waals surface area (Å²) in [5.41, 5.74) is 6.70. The summed E-state index contributed by atoms with van der Waals surface area (Å²) in [6.45, 7) is 2.10. The first kappa shape index (κ1) is 14.5. The molecule has 0 spiro atoms. The van der Waals surface area contributed by atoms with Crippen molar-refractivity contribution in [3.8, 4) is 11.3 Å². The normalized spacial score (nSPS) is 11.4. The summed E-state index contributed by atoms with van der Waals surface area (Å²) in [6.07, 6.45) is 8.38. The number of hydrogen-bond donors (Lipinski definition) is 0. The molecule has 0 N–H and O–H groups in total. The Labute approximate surface area is 141 Å². The van der Waals surface area contributed by atoms with Crippen LogP contribution in [0.1, 0.15) is 16.7 Å². The highest BCUT2D eigenvalue weighted by atomic mass is 15.0. The molecule has 4 rings (SSSR count). The Hall–Kier alpha value is -3.13. The molecule has 2 nitrogen and oxygen atoms in total. The zero-order valence-corrected chi connectivity index (χ0v) is 13.6. The van der Waals surface area contributed by atoms with Crippen LogP contribution in [0.3, 0.4) is 0 Å². The lowest BCUT2D eigenvalue weighted by Crippen LogP contribution is -1.82. The van der Waals surface area contributed by atoms with Crippen molar-refractivity contribution in [3.05, 3.63) is 95.8 Å². The van der Waals surface area contributed by atoms with Gasteiger partial charge in [0.15, 0.2) is 0 Å². The maximum Gasteiger partial charge on any atom is 0.138 e. The van der Waals surface area contributed by atoms with E-state index >= 15 is 0 Å². The predicted molar refractivity (Wildman–Crippen MR) is 101 cm³/mol. The fourth-order valence-electron chi connectivity index (χ4n) is 2.72. The van der Waals surface area contributed by atoms with Gasteiger partial charge in [-0.05, 0) is 30.2 Å². The molecule has 0 aliphatic carbocycles.